The molecule has 130 valence electrons. The Hall–Kier alpha value is -2.96. The molecule has 1 amide bonds. The van der Waals surface area contributed by atoms with Crippen LogP contribution in [0.15, 0.2) is 42.9 Å². The van der Waals surface area contributed by atoms with Crippen LogP contribution in [0.25, 0.3) is 16.8 Å². The maximum absolute atomic E-state index is 14.3. The second-order valence-corrected chi connectivity index (χ2v) is 6.50. The van der Waals surface area contributed by atoms with Crippen LogP contribution in [0.4, 0.5) is 10.1 Å². The van der Waals surface area contributed by atoms with E-state index in [2.05, 4.69) is 15.4 Å². The van der Waals surface area contributed by atoms with Gasteiger partial charge in [0.05, 0.1) is 34.7 Å². The average Bonchev–Trinajstić information content (AvgIpc) is 2.99. The Labute approximate surface area is 144 Å². The van der Waals surface area contributed by atoms with E-state index in [1.807, 2.05) is 24.3 Å². The fraction of sp³-hybridized carbons (Fsp3) is 0.278. The highest BCUT2D eigenvalue weighted by molar-refractivity contribution is 6.02. The van der Waals surface area contributed by atoms with Gasteiger partial charge in [-0.15, -0.1) is 0 Å². The molecule has 3 aromatic rings. The molecule has 0 aliphatic carbocycles. The zero-order valence-electron chi connectivity index (χ0n) is 14.3. The first kappa shape index (κ1) is 16.9. The third-order valence-electron chi connectivity index (χ3n) is 4.25. The summed E-state index contributed by atoms with van der Waals surface area (Å²) in [6.45, 7) is 4.67. The Balaban J connectivity index is 2.15. The topological polar surface area (TPSA) is 85.3 Å². The van der Waals surface area contributed by atoms with Crippen molar-refractivity contribution >= 4 is 17.1 Å². The summed E-state index contributed by atoms with van der Waals surface area (Å²) in [7, 11) is 0. The van der Waals surface area contributed by atoms with Gasteiger partial charge in [-0.1, -0.05) is 6.07 Å². The van der Waals surface area contributed by atoms with Gasteiger partial charge in [0, 0.05) is 18.0 Å². The number of carbonyl (C=O) groups excluding carboxylic acids is 1. The summed E-state index contributed by atoms with van der Waals surface area (Å²) in [5.74, 6) is -0.623. The predicted molar refractivity (Wildman–Crippen MR) is 95.2 cm³/mol. The number of aromatic nitrogens is 3. The molecule has 0 saturated heterocycles. The van der Waals surface area contributed by atoms with Crippen LogP contribution in [-0.4, -0.2) is 32.2 Å². The van der Waals surface area contributed by atoms with E-state index >= 15 is 0 Å². The standard InChI is InChI=1S/C18H20FN5O/c1-11(18(2,3)19)23-16-13(17(20)25)9-22-24-10-12(8-15(16)24)14-6-4-5-7-21-14/h4-11,23H,1-3H3,(H2,20,25). The number of alkyl halides is 1. The number of hydrogen-bond donors (Lipinski definition) is 2. The lowest BCUT2D eigenvalue weighted by atomic mass is 10.0. The summed E-state index contributed by atoms with van der Waals surface area (Å²) >= 11 is 0. The van der Waals surface area contributed by atoms with Crippen LogP contribution >= 0.6 is 0 Å². The summed E-state index contributed by atoms with van der Waals surface area (Å²) in [6.07, 6.45) is 4.89. The van der Waals surface area contributed by atoms with Crippen molar-refractivity contribution in [2.75, 3.05) is 5.32 Å². The third-order valence-corrected chi connectivity index (χ3v) is 4.25. The summed E-state index contributed by atoms with van der Waals surface area (Å²) in [4.78, 5) is 16.1. The number of fused-ring (bicyclic) bond motifs is 1. The van der Waals surface area contributed by atoms with Gasteiger partial charge in [-0.2, -0.15) is 5.10 Å². The van der Waals surface area contributed by atoms with Crippen LogP contribution in [0.1, 0.15) is 31.1 Å². The number of rotatable bonds is 5. The van der Waals surface area contributed by atoms with E-state index in [1.54, 1.807) is 23.8 Å². The van der Waals surface area contributed by atoms with Gasteiger partial charge < -0.3 is 11.1 Å². The first-order chi connectivity index (χ1) is 11.8. The van der Waals surface area contributed by atoms with Crippen LogP contribution in [0.3, 0.4) is 0 Å². The number of anilines is 1. The maximum atomic E-state index is 14.3. The molecule has 0 spiro atoms. The van der Waals surface area contributed by atoms with Crippen molar-refractivity contribution in [1.82, 2.24) is 14.6 Å². The van der Waals surface area contributed by atoms with E-state index in [0.29, 0.717) is 11.2 Å². The van der Waals surface area contributed by atoms with Gasteiger partial charge in [-0.25, -0.2) is 8.91 Å². The van der Waals surface area contributed by atoms with Gasteiger partial charge in [-0.05, 0) is 39.0 Å². The van der Waals surface area contributed by atoms with Gasteiger partial charge >= 0.3 is 0 Å². The van der Waals surface area contributed by atoms with Crippen molar-refractivity contribution < 1.29 is 9.18 Å². The average molecular weight is 341 g/mol. The highest BCUT2D eigenvalue weighted by Crippen LogP contribution is 2.29. The molecule has 0 radical (unpaired) electrons. The number of pyridine rings is 1. The quantitative estimate of drug-likeness (QED) is 0.747. The molecule has 3 N–H and O–H groups in total. The molecule has 25 heavy (non-hydrogen) atoms. The first-order valence-electron chi connectivity index (χ1n) is 7.95. The van der Waals surface area contributed by atoms with Crippen LogP contribution in [0.2, 0.25) is 0 Å². The SMILES string of the molecule is CC(Nc1c(C(N)=O)cnn2cc(-c3ccccn3)cc12)C(C)(C)F. The molecule has 1 unspecified atom stereocenters. The second-order valence-electron chi connectivity index (χ2n) is 6.50. The number of nitrogens with one attached hydrogen (secondary N) is 1. The summed E-state index contributed by atoms with van der Waals surface area (Å²) in [5.41, 5.74) is 6.92. The summed E-state index contributed by atoms with van der Waals surface area (Å²) in [5, 5.41) is 7.32. The van der Waals surface area contributed by atoms with Gasteiger partial charge in [0.15, 0.2) is 0 Å². The third kappa shape index (κ3) is 3.31. The summed E-state index contributed by atoms with van der Waals surface area (Å²) in [6, 6.07) is 6.91. The van der Waals surface area contributed by atoms with Crippen molar-refractivity contribution in [3.63, 3.8) is 0 Å². The second kappa shape index (κ2) is 6.16. The molecule has 0 aromatic carbocycles. The monoisotopic (exact) mass is 341 g/mol. The fourth-order valence-corrected chi connectivity index (χ4v) is 2.46. The van der Waals surface area contributed by atoms with Gasteiger partial charge in [0.1, 0.15) is 5.67 Å². The number of carbonyl (C=O) groups is 1. The number of nitrogens with zero attached hydrogens (tertiary/aromatic N) is 3. The zero-order chi connectivity index (χ0) is 18.2. The van der Waals surface area contributed by atoms with E-state index < -0.39 is 17.6 Å². The number of halogens is 1. The first-order valence-corrected chi connectivity index (χ1v) is 7.95. The number of primary amides is 1. The number of nitrogens with two attached hydrogens (primary N) is 1. The molecular formula is C18H20FN5O. The van der Waals surface area contributed by atoms with Crippen molar-refractivity contribution in [2.45, 2.75) is 32.5 Å². The van der Waals surface area contributed by atoms with Crippen molar-refractivity contribution in [3.05, 3.63) is 48.4 Å². The molecule has 6 nitrogen and oxygen atoms in total. The maximum Gasteiger partial charge on any atom is 0.252 e. The van der Waals surface area contributed by atoms with Crippen LogP contribution in [0, 0.1) is 0 Å². The molecular weight excluding hydrogens is 321 g/mol. The van der Waals surface area contributed by atoms with Gasteiger partial charge in [-0.3, -0.25) is 9.78 Å². The Morgan fingerprint density at radius 2 is 2.16 bits per heavy atom. The lowest BCUT2D eigenvalue weighted by Crippen LogP contribution is -2.36. The molecule has 0 fully saturated rings. The zero-order valence-corrected chi connectivity index (χ0v) is 14.3. The normalized spacial score (nSPS) is 13.0. The Bertz CT molecular complexity index is 914. The van der Waals surface area contributed by atoms with Crippen molar-refractivity contribution in [3.8, 4) is 11.3 Å². The minimum absolute atomic E-state index is 0.217. The highest BCUT2D eigenvalue weighted by atomic mass is 19.1. The molecule has 7 heteroatoms. The predicted octanol–water partition coefficient (Wildman–Crippen LogP) is 3.04. The van der Waals surface area contributed by atoms with Crippen LogP contribution < -0.4 is 11.1 Å². The molecule has 0 aliphatic rings. The van der Waals surface area contributed by atoms with Gasteiger partial charge in [0.2, 0.25) is 0 Å². The van der Waals surface area contributed by atoms with Crippen molar-refractivity contribution in [2.24, 2.45) is 5.73 Å². The molecule has 1 atom stereocenters. The fourth-order valence-electron chi connectivity index (χ4n) is 2.46. The van der Waals surface area contributed by atoms with E-state index in [1.165, 1.54) is 20.0 Å². The number of amides is 1. The van der Waals surface area contributed by atoms with E-state index in [-0.39, 0.29) is 5.56 Å². The minimum atomic E-state index is -1.48. The van der Waals surface area contributed by atoms with E-state index in [0.717, 1.165) is 11.3 Å². The highest BCUT2D eigenvalue weighted by Gasteiger charge is 2.27. The molecule has 3 heterocycles. The largest absolute Gasteiger partial charge is 0.377 e. The van der Waals surface area contributed by atoms with Crippen LogP contribution in [0.5, 0.6) is 0 Å². The molecule has 0 saturated carbocycles. The van der Waals surface area contributed by atoms with Crippen molar-refractivity contribution in [1.29, 1.82) is 0 Å². The van der Waals surface area contributed by atoms with E-state index in [9.17, 15) is 9.18 Å². The molecule has 3 rings (SSSR count). The minimum Gasteiger partial charge on any atom is -0.377 e. The Morgan fingerprint density at radius 3 is 2.76 bits per heavy atom. The number of hydrogen-bond acceptors (Lipinski definition) is 4. The Kier molecular flexibility index (Phi) is 4.16. The Morgan fingerprint density at radius 1 is 1.40 bits per heavy atom. The van der Waals surface area contributed by atoms with Gasteiger partial charge in [0.25, 0.3) is 5.91 Å². The smallest absolute Gasteiger partial charge is 0.252 e. The summed E-state index contributed by atoms with van der Waals surface area (Å²) < 4.78 is 15.9. The lowest BCUT2D eigenvalue weighted by molar-refractivity contribution is 0.1000. The molecule has 0 aliphatic heterocycles. The lowest BCUT2D eigenvalue weighted by Gasteiger charge is -2.26. The van der Waals surface area contributed by atoms with Crippen LogP contribution in [-0.2, 0) is 0 Å². The molecule has 0 bridgehead atoms. The molecule has 3 aromatic heterocycles. The van der Waals surface area contributed by atoms with E-state index in [4.69, 9.17) is 5.73 Å².